The molecule has 66 valence electrons. The Bertz CT molecular complexity index is 354. The van der Waals surface area contributed by atoms with E-state index in [9.17, 15) is 0 Å². The molecule has 1 heterocycles. The summed E-state index contributed by atoms with van der Waals surface area (Å²) < 4.78 is 1.81. The van der Waals surface area contributed by atoms with Crippen LogP contribution in [0.2, 0.25) is 0 Å². The Morgan fingerprint density at radius 3 is 2.31 bits per heavy atom. The van der Waals surface area contributed by atoms with Gasteiger partial charge in [-0.25, -0.2) is 4.68 Å². The van der Waals surface area contributed by atoms with Gasteiger partial charge in [-0.15, -0.1) is 10.2 Å². The van der Waals surface area contributed by atoms with E-state index in [2.05, 4.69) is 10.2 Å². The van der Waals surface area contributed by atoms with Crippen LogP contribution in [0.4, 0.5) is 5.69 Å². The van der Waals surface area contributed by atoms with Crippen LogP contribution in [-0.4, -0.2) is 21.9 Å². The monoisotopic (exact) mass is 174 g/mol. The topological polar surface area (TPSA) is 34.0 Å². The molecule has 1 aromatic carbocycles. The molecule has 0 atom stereocenters. The van der Waals surface area contributed by atoms with E-state index in [1.807, 2.05) is 47.1 Å². The maximum atomic E-state index is 3.74. The van der Waals surface area contributed by atoms with E-state index in [1.54, 1.807) is 12.7 Å². The second-order valence-corrected chi connectivity index (χ2v) is 2.70. The molecule has 1 aromatic heterocycles. The molecule has 0 bridgehead atoms. The zero-order valence-corrected chi connectivity index (χ0v) is 7.33. The minimum absolute atomic E-state index is 1.10. The first-order valence-electron chi connectivity index (χ1n) is 4.01. The number of hydrogen-bond acceptors (Lipinski definition) is 3. The Hall–Kier alpha value is -1.84. The fourth-order valence-corrected chi connectivity index (χ4v) is 1.13. The normalized spacial score (nSPS) is 9.92. The van der Waals surface area contributed by atoms with Crippen molar-refractivity contribution in [2.75, 3.05) is 12.1 Å². The number of rotatable bonds is 2. The molecule has 2 aromatic rings. The first-order valence-corrected chi connectivity index (χ1v) is 4.01. The molecule has 0 aliphatic rings. The van der Waals surface area contributed by atoms with Crippen LogP contribution in [0.15, 0.2) is 43.0 Å². The molecule has 0 radical (unpaired) electrons. The Balaban J connectivity index is 2.29. The Kier molecular flexibility index (Phi) is 1.96. The zero-order valence-electron chi connectivity index (χ0n) is 7.33. The van der Waals surface area contributed by atoms with Gasteiger partial charge in [0.25, 0.3) is 0 Å². The lowest BCUT2D eigenvalue weighted by molar-refractivity contribution is 0.770. The van der Waals surface area contributed by atoms with Gasteiger partial charge in [0.15, 0.2) is 0 Å². The summed E-state index contributed by atoms with van der Waals surface area (Å²) in [5, 5.41) is 9.44. The van der Waals surface area contributed by atoms with Gasteiger partial charge in [-0.3, -0.25) is 5.01 Å². The quantitative estimate of drug-likeness (QED) is 0.685. The number of hydrogen-bond donors (Lipinski definition) is 0. The fourth-order valence-electron chi connectivity index (χ4n) is 1.13. The van der Waals surface area contributed by atoms with Crippen LogP contribution in [0.25, 0.3) is 0 Å². The van der Waals surface area contributed by atoms with E-state index in [4.69, 9.17) is 0 Å². The Labute approximate surface area is 76.4 Å². The van der Waals surface area contributed by atoms with Crippen molar-refractivity contribution in [3.63, 3.8) is 0 Å². The molecule has 13 heavy (non-hydrogen) atoms. The summed E-state index contributed by atoms with van der Waals surface area (Å²) in [5.41, 5.74) is 1.10. The second-order valence-electron chi connectivity index (χ2n) is 2.70. The number of anilines is 1. The van der Waals surface area contributed by atoms with Gasteiger partial charge >= 0.3 is 0 Å². The number of para-hydroxylation sites is 1. The van der Waals surface area contributed by atoms with E-state index in [1.165, 1.54) is 0 Å². The van der Waals surface area contributed by atoms with E-state index in [0.717, 1.165) is 5.69 Å². The van der Waals surface area contributed by atoms with Crippen LogP contribution in [0.3, 0.4) is 0 Å². The minimum Gasteiger partial charge on any atom is -0.282 e. The number of benzene rings is 1. The van der Waals surface area contributed by atoms with E-state index in [-0.39, 0.29) is 0 Å². The molecular formula is C9H10N4. The summed E-state index contributed by atoms with van der Waals surface area (Å²) in [6.07, 6.45) is 3.32. The molecule has 0 aliphatic carbocycles. The summed E-state index contributed by atoms with van der Waals surface area (Å²) >= 11 is 0. The molecular weight excluding hydrogens is 164 g/mol. The van der Waals surface area contributed by atoms with Gasteiger partial charge in [0, 0.05) is 7.05 Å². The summed E-state index contributed by atoms with van der Waals surface area (Å²) in [7, 11) is 1.96. The van der Waals surface area contributed by atoms with Gasteiger partial charge in [-0.1, -0.05) is 18.2 Å². The highest BCUT2D eigenvalue weighted by Gasteiger charge is 1.99. The van der Waals surface area contributed by atoms with Gasteiger partial charge < -0.3 is 0 Å². The lowest BCUT2D eigenvalue weighted by atomic mass is 10.3. The van der Waals surface area contributed by atoms with E-state index < -0.39 is 0 Å². The van der Waals surface area contributed by atoms with E-state index in [0.29, 0.717) is 0 Å². The van der Waals surface area contributed by atoms with Crippen LogP contribution in [0.1, 0.15) is 0 Å². The molecule has 2 rings (SSSR count). The largest absolute Gasteiger partial charge is 0.282 e. The third-order valence-electron chi connectivity index (χ3n) is 1.88. The molecule has 0 unspecified atom stereocenters. The van der Waals surface area contributed by atoms with Crippen molar-refractivity contribution >= 4 is 5.69 Å². The van der Waals surface area contributed by atoms with Crippen molar-refractivity contribution in [1.82, 2.24) is 14.9 Å². The number of aromatic nitrogens is 3. The van der Waals surface area contributed by atoms with Crippen molar-refractivity contribution < 1.29 is 0 Å². The third kappa shape index (κ3) is 1.51. The van der Waals surface area contributed by atoms with Crippen molar-refractivity contribution in [3.05, 3.63) is 43.0 Å². The van der Waals surface area contributed by atoms with Crippen LogP contribution in [0, 0.1) is 0 Å². The molecule has 0 N–H and O–H groups in total. The maximum Gasteiger partial charge on any atom is 0.139 e. The van der Waals surface area contributed by atoms with Crippen LogP contribution in [0.5, 0.6) is 0 Å². The second kappa shape index (κ2) is 3.26. The predicted octanol–water partition coefficient (Wildman–Crippen LogP) is 1.18. The van der Waals surface area contributed by atoms with Crippen molar-refractivity contribution in [1.29, 1.82) is 0 Å². The summed E-state index contributed by atoms with van der Waals surface area (Å²) in [6.45, 7) is 0. The molecule has 4 heteroatoms. The minimum atomic E-state index is 1.10. The smallest absolute Gasteiger partial charge is 0.139 e. The van der Waals surface area contributed by atoms with Gasteiger partial charge in [0.2, 0.25) is 0 Å². The molecule has 4 nitrogen and oxygen atoms in total. The van der Waals surface area contributed by atoms with Crippen LogP contribution < -0.4 is 5.01 Å². The van der Waals surface area contributed by atoms with Crippen molar-refractivity contribution in [2.24, 2.45) is 0 Å². The molecule has 0 fully saturated rings. The van der Waals surface area contributed by atoms with Gasteiger partial charge in [0.1, 0.15) is 12.7 Å². The molecule has 0 saturated carbocycles. The van der Waals surface area contributed by atoms with Gasteiger partial charge in [0.05, 0.1) is 5.69 Å². The average Bonchev–Trinajstić information content (AvgIpc) is 2.71. The first kappa shape index (κ1) is 7.79. The lowest BCUT2D eigenvalue weighted by Gasteiger charge is -2.18. The summed E-state index contributed by atoms with van der Waals surface area (Å²) in [6, 6.07) is 10.0. The molecule has 0 saturated heterocycles. The van der Waals surface area contributed by atoms with E-state index >= 15 is 0 Å². The third-order valence-corrected chi connectivity index (χ3v) is 1.88. The Morgan fingerprint density at radius 2 is 1.69 bits per heavy atom. The molecule has 0 amide bonds. The highest BCUT2D eigenvalue weighted by Crippen LogP contribution is 2.10. The van der Waals surface area contributed by atoms with Crippen LogP contribution in [-0.2, 0) is 0 Å². The maximum absolute atomic E-state index is 3.74. The SMILES string of the molecule is CN(c1ccccc1)n1cnnc1. The standard InChI is InChI=1S/C9H10N4/c1-12(13-7-10-11-8-13)9-5-3-2-4-6-9/h2-8H,1H3. The van der Waals surface area contributed by atoms with Gasteiger partial charge in [-0.05, 0) is 12.1 Å². The average molecular weight is 174 g/mol. The Morgan fingerprint density at radius 1 is 1.08 bits per heavy atom. The molecule has 0 spiro atoms. The summed E-state index contributed by atoms with van der Waals surface area (Å²) in [4.78, 5) is 0. The predicted molar refractivity (Wildman–Crippen MR) is 50.3 cm³/mol. The lowest BCUT2D eigenvalue weighted by Crippen LogP contribution is -2.22. The first-order chi connectivity index (χ1) is 6.38. The van der Waals surface area contributed by atoms with Gasteiger partial charge in [-0.2, -0.15) is 0 Å². The van der Waals surface area contributed by atoms with Crippen molar-refractivity contribution in [3.8, 4) is 0 Å². The fraction of sp³-hybridized carbons (Fsp3) is 0.111. The van der Waals surface area contributed by atoms with Crippen LogP contribution >= 0.6 is 0 Å². The number of nitrogens with zero attached hydrogens (tertiary/aromatic N) is 4. The summed E-state index contributed by atoms with van der Waals surface area (Å²) in [5.74, 6) is 0. The van der Waals surface area contributed by atoms with Crippen molar-refractivity contribution in [2.45, 2.75) is 0 Å². The molecule has 0 aliphatic heterocycles. The highest BCUT2D eigenvalue weighted by atomic mass is 15.6. The highest BCUT2D eigenvalue weighted by molar-refractivity contribution is 5.44. The zero-order chi connectivity index (χ0) is 9.10.